The molecule has 2 aliphatic carbocycles. The zero-order valence-electron chi connectivity index (χ0n) is 20.3. The summed E-state index contributed by atoms with van der Waals surface area (Å²) in [6.45, 7) is 3.90. The molecule has 190 valence electrons. The van der Waals surface area contributed by atoms with Crippen molar-refractivity contribution >= 4 is 28.4 Å². The van der Waals surface area contributed by atoms with Gasteiger partial charge in [-0.15, -0.1) is 0 Å². The predicted octanol–water partition coefficient (Wildman–Crippen LogP) is 4.02. The van der Waals surface area contributed by atoms with E-state index < -0.39 is 5.82 Å². The van der Waals surface area contributed by atoms with Gasteiger partial charge in [0.05, 0.1) is 24.8 Å². The van der Waals surface area contributed by atoms with Crippen molar-refractivity contribution in [2.45, 2.75) is 50.7 Å². The Balaban J connectivity index is 1.10. The van der Waals surface area contributed by atoms with Gasteiger partial charge in [-0.1, -0.05) is 0 Å². The van der Waals surface area contributed by atoms with Gasteiger partial charge in [0.15, 0.2) is 11.6 Å². The Hall–Kier alpha value is -3.27. The normalized spacial score (nSPS) is 22.4. The summed E-state index contributed by atoms with van der Waals surface area (Å²) >= 11 is 0. The van der Waals surface area contributed by atoms with Crippen molar-refractivity contribution in [2.24, 2.45) is 5.92 Å². The summed E-state index contributed by atoms with van der Waals surface area (Å²) in [6, 6.07) is 4.30. The fourth-order valence-corrected chi connectivity index (χ4v) is 4.98. The van der Waals surface area contributed by atoms with E-state index in [1.165, 1.54) is 19.2 Å². The van der Waals surface area contributed by atoms with E-state index in [2.05, 4.69) is 47.6 Å². The van der Waals surface area contributed by atoms with Gasteiger partial charge >= 0.3 is 0 Å². The minimum Gasteiger partial charge on any atom is -0.488 e. The van der Waals surface area contributed by atoms with Crippen LogP contribution in [0.25, 0.3) is 11.0 Å². The summed E-state index contributed by atoms with van der Waals surface area (Å²) in [7, 11) is 0. The van der Waals surface area contributed by atoms with Crippen molar-refractivity contribution in [3.05, 3.63) is 36.7 Å². The van der Waals surface area contributed by atoms with Crippen LogP contribution in [0.15, 0.2) is 30.9 Å². The molecule has 10 heteroatoms. The fraction of sp³-hybridized carbons (Fsp3) is 0.538. The first kappa shape index (κ1) is 23.1. The lowest BCUT2D eigenvalue weighted by atomic mass is 9.93. The van der Waals surface area contributed by atoms with Crippen molar-refractivity contribution in [3.63, 3.8) is 0 Å². The first-order valence-corrected chi connectivity index (χ1v) is 13.0. The summed E-state index contributed by atoms with van der Waals surface area (Å²) in [5.74, 6) is 1.56. The van der Waals surface area contributed by atoms with Crippen LogP contribution in [0, 0.1) is 11.7 Å². The first-order valence-electron chi connectivity index (χ1n) is 13.0. The SMILES string of the molecule is Fc1c(NCC2CC2)ncnc1N[C@H]1CC[C@@H](Oc2cc(N3CCOCC3)cc3nccnc23)CC1. The Morgan fingerprint density at radius 1 is 0.944 bits per heavy atom. The second-order valence-electron chi connectivity index (χ2n) is 9.91. The average Bonchev–Trinajstić information content (AvgIpc) is 3.75. The molecular weight excluding hydrogens is 461 g/mol. The molecule has 0 bridgehead atoms. The molecular formula is C26H32FN7O2. The highest BCUT2D eigenvalue weighted by molar-refractivity contribution is 5.85. The number of aromatic nitrogens is 4. The smallest absolute Gasteiger partial charge is 0.207 e. The molecule has 3 aliphatic rings. The summed E-state index contributed by atoms with van der Waals surface area (Å²) in [5, 5.41) is 6.42. The summed E-state index contributed by atoms with van der Waals surface area (Å²) in [6.07, 6.45) is 10.8. The van der Waals surface area contributed by atoms with Crippen LogP contribution in [0.4, 0.5) is 21.7 Å². The van der Waals surface area contributed by atoms with E-state index in [1.807, 2.05) is 0 Å². The van der Waals surface area contributed by atoms with Crippen LogP contribution in [0.2, 0.25) is 0 Å². The summed E-state index contributed by atoms with van der Waals surface area (Å²) in [4.78, 5) is 19.6. The standard InChI is InChI=1S/C26H32FN7O2/c27-23-25(30-15-17-1-2-17)31-16-32-26(23)33-18-3-5-20(6-4-18)36-22-14-19(34-9-11-35-12-10-34)13-21-24(22)29-8-7-28-21/h7-8,13-14,16-18,20H,1-6,9-12,15H2,(H2,30,31,32,33)/t18-,20+. The molecule has 2 saturated carbocycles. The number of halogens is 1. The van der Waals surface area contributed by atoms with Gasteiger partial charge in [0, 0.05) is 49.8 Å². The molecule has 9 nitrogen and oxygen atoms in total. The Bertz CT molecular complexity index is 1190. The number of ether oxygens (including phenoxy) is 2. The van der Waals surface area contributed by atoms with Crippen LogP contribution in [0.3, 0.4) is 0 Å². The minimum absolute atomic E-state index is 0.0687. The van der Waals surface area contributed by atoms with Crippen LogP contribution in [0.1, 0.15) is 38.5 Å². The third-order valence-electron chi connectivity index (χ3n) is 7.25. The highest BCUT2D eigenvalue weighted by atomic mass is 19.1. The summed E-state index contributed by atoms with van der Waals surface area (Å²) in [5.41, 5.74) is 2.70. The van der Waals surface area contributed by atoms with E-state index in [1.54, 1.807) is 12.4 Å². The van der Waals surface area contributed by atoms with Gasteiger partial charge in [0.1, 0.15) is 17.6 Å². The van der Waals surface area contributed by atoms with Gasteiger partial charge in [0.2, 0.25) is 5.82 Å². The van der Waals surface area contributed by atoms with Gasteiger partial charge in [0.25, 0.3) is 0 Å². The minimum atomic E-state index is -0.401. The number of hydrogen-bond acceptors (Lipinski definition) is 9. The Morgan fingerprint density at radius 2 is 1.72 bits per heavy atom. The number of nitrogens with one attached hydrogen (secondary N) is 2. The van der Waals surface area contributed by atoms with Crippen molar-refractivity contribution in [1.82, 2.24) is 19.9 Å². The molecule has 0 radical (unpaired) electrons. The molecule has 0 atom stereocenters. The molecule has 0 unspecified atom stereocenters. The largest absolute Gasteiger partial charge is 0.488 e. The number of fused-ring (bicyclic) bond motifs is 1. The van der Waals surface area contributed by atoms with Crippen LogP contribution >= 0.6 is 0 Å². The quantitative estimate of drug-likeness (QED) is 0.482. The highest BCUT2D eigenvalue weighted by Gasteiger charge is 2.26. The predicted molar refractivity (Wildman–Crippen MR) is 136 cm³/mol. The number of anilines is 3. The maximum Gasteiger partial charge on any atom is 0.207 e. The molecule has 1 aromatic carbocycles. The molecule has 2 N–H and O–H groups in total. The van der Waals surface area contributed by atoms with E-state index in [9.17, 15) is 4.39 Å². The second kappa shape index (κ2) is 10.4. The molecule has 3 heterocycles. The van der Waals surface area contributed by atoms with Crippen LogP contribution in [-0.4, -0.2) is 64.9 Å². The van der Waals surface area contributed by atoms with Gasteiger partial charge in [-0.05, 0) is 50.5 Å². The highest BCUT2D eigenvalue weighted by Crippen LogP contribution is 2.34. The van der Waals surface area contributed by atoms with Gasteiger partial charge < -0.3 is 25.0 Å². The van der Waals surface area contributed by atoms with Gasteiger partial charge in [-0.2, -0.15) is 4.39 Å². The number of rotatable bonds is 8. The molecule has 1 saturated heterocycles. The number of benzene rings is 1. The number of morpholine rings is 1. The zero-order chi connectivity index (χ0) is 24.3. The van der Waals surface area contributed by atoms with Crippen LogP contribution < -0.4 is 20.3 Å². The van der Waals surface area contributed by atoms with E-state index in [0.29, 0.717) is 5.92 Å². The Labute approximate surface area is 209 Å². The van der Waals surface area contributed by atoms with Gasteiger partial charge in [-0.3, -0.25) is 4.98 Å². The lowest BCUT2D eigenvalue weighted by Gasteiger charge is -2.31. The van der Waals surface area contributed by atoms with Crippen LogP contribution in [0.5, 0.6) is 5.75 Å². The fourth-order valence-electron chi connectivity index (χ4n) is 4.98. The van der Waals surface area contributed by atoms with E-state index >= 15 is 0 Å². The molecule has 1 aliphatic heterocycles. The molecule has 2 aromatic heterocycles. The average molecular weight is 494 g/mol. The molecule has 0 spiro atoms. The monoisotopic (exact) mass is 493 g/mol. The third kappa shape index (κ3) is 5.28. The topological polar surface area (TPSA) is 97.3 Å². The molecule has 6 rings (SSSR count). The van der Waals surface area contributed by atoms with Crippen molar-refractivity contribution in [3.8, 4) is 5.75 Å². The van der Waals surface area contributed by atoms with Gasteiger partial charge in [-0.25, -0.2) is 15.0 Å². The molecule has 0 amide bonds. The number of nitrogens with zero attached hydrogens (tertiary/aromatic N) is 5. The number of hydrogen-bond donors (Lipinski definition) is 2. The molecule has 36 heavy (non-hydrogen) atoms. The van der Waals surface area contributed by atoms with Crippen molar-refractivity contribution in [2.75, 3.05) is 48.4 Å². The van der Waals surface area contributed by atoms with E-state index in [-0.39, 0.29) is 23.8 Å². The molecule has 3 aromatic rings. The van der Waals surface area contributed by atoms with E-state index in [0.717, 1.165) is 81.0 Å². The van der Waals surface area contributed by atoms with Crippen molar-refractivity contribution < 1.29 is 13.9 Å². The maximum absolute atomic E-state index is 14.9. The Kier molecular flexibility index (Phi) is 6.67. The lowest BCUT2D eigenvalue weighted by Crippen LogP contribution is -2.36. The third-order valence-corrected chi connectivity index (χ3v) is 7.25. The van der Waals surface area contributed by atoms with Crippen molar-refractivity contribution in [1.29, 1.82) is 0 Å². The molecule has 3 fully saturated rings. The maximum atomic E-state index is 14.9. The summed E-state index contributed by atoms with van der Waals surface area (Å²) < 4.78 is 26.9. The van der Waals surface area contributed by atoms with Crippen LogP contribution in [-0.2, 0) is 4.74 Å². The second-order valence-corrected chi connectivity index (χ2v) is 9.91. The Morgan fingerprint density at radius 3 is 2.53 bits per heavy atom. The zero-order valence-corrected chi connectivity index (χ0v) is 20.3. The lowest BCUT2D eigenvalue weighted by molar-refractivity contribution is 0.122. The first-order chi connectivity index (χ1) is 17.7. The van der Waals surface area contributed by atoms with E-state index in [4.69, 9.17) is 9.47 Å².